The van der Waals surface area contributed by atoms with E-state index >= 15 is 0 Å². The molecule has 3 heterocycles. The largest absolute Gasteiger partial charge is 0.369 e. The van der Waals surface area contributed by atoms with Gasteiger partial charge in [-0.2, -0.15) is 10.2 Å². The Labute approximate surface area is 146 Å². The monoisotopic (exact) mass is 393 g/mol. The van der Waals surface area contributed by atoms with E-state index in [2.05, 4.69) is 31.1 Å². The van der Waals surface area contributed by atoms with Crippen molar-refractivity contribution in [1.82, 2.24) is 15.1 Å². The first kappa shape index (κ1) is 16.1. The van der Waals surface area contributed by atoms with Crippen LogP contribution in [0.1, 0.15) is 23.9 Å². The molecular weight excluding hydrogens is 378 g/mol. The molecule has 0 spiro atoms. The second-order valence-corrected chi connectivity index (χ2v) is 7.43. The van der Waals surface area contributed by atoms with E-state index in [0.29, 0.717) is 6.42 Å². The minimum atomic E-state index is -0.626. The summed E-state index contributed by atoms with van der Waals surface area (Å²) in [5.41, 5.74) is 8.08. The molecule has 6 nitrogen and oxygen atoms in total. The molecule has 1 aliphatic rings. The standard InChI is InChI=1S/C15H16BrN5OS/c1-8-13(16)10(6-18-20-8)9-4-11(23-7-9)15(2)5-12(22)21(3)14(17)19-15/h4,6-7H,5H2,1-3H3,(H2,17,19)/t15-/m0/s1. The Hall–Kier alpha value is -1.80. The number of aliphatic imine (C=N–C) groups is 1. The molecule has 3 rings (SSSR count). The third-order valence-corrected chi connectivity index (χ3v) is 6.15. The number of carbonyl (C=O) groups is 1. The van der Waals surface area contributed by atoms with E-state index in [-0.39, 0.29) is 11.9 Å². The quantitative estimate of drug-likeness (QED) is 0.849. The van der Waals surface area contributed by atoms with Gasteiger partial charge in [0.2, 0.25) is 5.91 Å². The number of amides is 1. The molecule has 0 bridgehead atoms. The molecule has 2 N–H and O–H groups in total. The number of rotatable bonds is 2. The third kappa shape index (κ3) is 2.76. The van der Waals surface area contributed by atoms with Crippen LogP contribution in [0.25, 0.3) is 11.1 Å². The molecule has 23 heavy (non-hydrogen) atoms. The average Bonchev–Trinajstić information content (AvgIpc) is 2.98. The summed E-state index contributed by atoms with van der Waals surface area (Å²) < 4.78 is 0.921. The highest BCUT2D eigenvalue weighted by molar-refractivity contribution is 9.10. The van der Waals surface area contributed by atoms with Gasteiger partial charge in [-0.1, -0.05) is 0 Å². The van der Waals surface area contributed by atoms with Gasteiger partial charge in [0.15, 0.2) is 5.96 Å². The molecule has 0 saturated heterocycles. The molecule has 0 aromatic carbocycles. The van der Waals surface area contributed by atoms with Crippen LogP contribution in [-0.4, -0.2) is 34.0 Å². The summed E-state index contributed by atoms with van der Waals surface area (Å²) in [6.07, 6.45) is 2.03. The average molecular weight is 394 g/mol. The van der Waals surface area contributed by atoms with Crippen molar-refractivity contribution >= 4 is 39.1 Å². The van der Waals surface area contributed by atoms with Gasteiger partial charge in [-0.3, -0.25) is 9.69 Å². The van der Waals surface area contributed by atoms with Gasteiger partial charge < -0.3 is 5.73 Å². The van der Waals surface area contributed by atoms with Crippen molar-refractivity contribution in [2.75, 3.05) is 7.05 Å². The van der Waals surface area contributed by atoms with Crippen LogP contribution in [0.3, 0.4) is 0 Å². The molecule has 1 atom stereocenters. The summed E-state index contributed by atoms with van der Waals surface area (Å²) in [5, 5.41) is 10.1. The van der Waals surface area contributed by atoms with Crippen LogP contribution >= 0.6 is 27.3 Å². The highest BCUT2D eigenvalue weighted by Crippen LogP contribution is 2.40. The van der Waals surface area contributed by atoms with Gasteiger partial charge in [0.1, 0.15) is 5.54 Å². The number of aromatic nitrogens is 2. The van der Waals surface area contributed by atoms with Crippen molar-refractivity contribution in [3.8, 4) is 11.1 Å². The first-order valence-corrected chi connectivity index (χ1v) is 8.68. The van der Waals surface area contributed by atoms with Gasteiger partial charge >= 0.3 is 0 Å². The molecule has 0 radical (unpaired) electrons. The summed E-state index contributed by atoms with van der Waals surface area (Å²) in [7, 11) is 1.64. The molecule has 1 aliphatic heterocycles. The Balaban J connectivity index is 2.02. The molecule has 120 valence electrons. The van der Waals surface area contributed by atoms with Crippen molar-refractivity contribution in [2.24, 2.45) is 10.7 Å². The zero-order valence-electron chi connectivity index (χ0n) is 13.0. The molecule has 0 fully saturated rings. The number of thiophene rings is 1. The molecule has 0 aliphatic carbocycles. The number of guanidine groups is 1. The summed E-state index contributed by atoms with van der Waals surface area (Å²) in [6, 6.07) is 2.04. The predicted molar refractivity (Wildman–Crippen MR) is 94.1 cm³/mol. The Kier molecular flexibility index (Phi) is 3.97. The van der Waals surface area contributed by atoms with Crippen LogP contribution in [0.2, 0.25) is 0 Å². The first-order chi connectivity index (χ1) is 10.8. The van der Waals surface area contributed by atoms with Crippen molar-refractivity contribution < 1.29 is 4.79 Å². The van der Waals surface area contributed by atoms with Crippen molar-refractivity contribution in [1.29, 1.82) is 0 Å². The zero-order chi connectivity index (χ0) is 16.8. The van der Waals surface area contributed by atoms with Gasteiger partial charge in [-0.25, -0.2) is 4.99 Å². The number of hydrogen-bond donors (Lipinski definition) is 1. The predicted octanol–water partition coefficient (Wildman–Crippen LogP) is 2.67. The van der Waals surface area contributed by atoms with Crippen LogP contribution in [0.4, 0.5) is 0 Å². The Morgan fingerprint density at radius 1 is 1.48 bits per heavy atom. The van der Waals surface area contributed by atoms with E-state index in [4.69, 9.17) is 5.73 Å². The lowest BCUT2D eigenvalue weighted by Gasteiger charge is -2.32. The highest BCUT2D eigenvalue weighted by atomic mass is 79.9. The maximum Gasteiger partial charge on any atom is 0.231 e. The minimum absolute atomic E-state index is 0.0300. The summed E-state index contributed by atoms with van der Waals surface area (Å²) in [5.74, 6) is 0.221. The fraction of sp³-hybridized carbons (Fsp3) is 0.333. The topological polar surface area (TPSA) is 84.5 Å². The van der Waals surface area contributed by atoms with Crippen LogP contribution in [0.15, 0.2) is 27.1 Å². The molecule has 2 aromatic heterocycles. The maximum atomic E-state index is 12.1. The second-order valence-electron chi connectivity index (χ2n) is 5.73. The van der Waals surface area contributed by atoms with E-state index in [9.17, 15) is 4.79 Å². The van der Waals surface area contributed by atoms with Crippen molar-refractivity contribution in [3.63, 3.8) is 0 Å². The van der Waals surface area contributed by atoms with Gasteiger partial charge in [0.05, 0.1) is 22.8 Å². The van der Waals surface area contributed by atoms with E-state index in [0.717, 1.165) is 26.2 Å². The molecule has 2 aromatic rings. The number of aryl methyl sites for hydroxylation is 1. The third-order valence-electron chi connectivity index (χ3n) is 3.96. The van der Waals surface area contributed by atoms with Gasteiger partial charge in [-0.05, 0) is 46.8 Å². The van der Waals surface area contributed by atoms with Crippen LogP contribution in [0.5, 0.6) is 0 Å². The summed E-state index contributed by atoms with van der Waals surface area (Å²) in [6.45, 7) is 3.83. The number of carbonyl (C=O) groups excluding carboxylic acids is 1. The Morgan fingerprint density at radius 3 is 2.91 bits per heavy atom. The molecular formula is C15H16BrN5OS. The number of nitrogens with zero attached hydrogens (tertiary/aromatic N) is 4. The van der Waals surface area contributed by atoms with Crippen molar-refractivity contribution in [2.45, 2.75) is 25.8 Å². The maximum absolute atomic E-state index is 12.1. The molecule has 8 heteroatoms. The highest BCUT2D eigenvalue weighted by Gasteiger charge is 2.37. The van der Waals surface area contributed by atoms with Crippen LogP contribution in [0, 0.1) is 6.92 Å². The zero-order valence-corrected chi connectivity index (χ0v) is 15.4. The number of hydrogen-bond acceptors (Lipinski definition) is 6. The Morgan fingerprint density at radius 2 is 2.22 bits per heavy atom. The fourth-order valence-electron chi connectivity index (χ4n) is 2.48. The minimum Gasteiger partial charge on any atom is -0.369 e. The lowest BCUT2D eigenvalue weighted by atomic mass is 9.93. The number of halogens is 1. The second kappa shape index (κ2) is 5.68. The normalized spacial score (nSPS) is 21.5. The summed E-state index contributed by atoms with van der Waals surface area (Å²) in [4.78, 5) is 19.0. The molecule has 0 saturated carbocycles. The van der Waals surface area contributed by atoms with E-state index in [1.165, 1.54) is 4.90 Å². The lowest BCUT2D eigenvalue weighted by Crippen LogP contribution is -2.47. The number of nitrogens with two attached hydrogens (primary N) is 1. The smallest absolute Gasteiger partial charge is 0.231 e. The van der Waals surface area contributed by atoms with E-state index < -0.39 is 5.54 Å². The van der Waals surface area contributed by atoms with E-state index in [1.807, 2.05) is 25.3 Å². The molecule has 1 amide bonds. The lowest BCUT2D eigenvalue weighted by molar-refractivity contribution is -0.128. The van der Waals surface area contributed by atoms with Gasteiger partial charge in [-0.15, -0.1) is 11.3 Å². The van der Waals surface area contributed by atoms with Crippen molar-refractivity contribution in [3.05, 3.63) is 32.7 Å². The van der Waals surface area contributed by atoms with Crippen LogP contribution < -0.4 is 5.73 Å². The first-order valence-electron chi connectivity index (χ1n) is 7.01. The SMILES string of the molecule is Cc1nncc(-c2csc([C@]3(C)CC(=O)N(C)C(N)=N3)c2)c1Br. The van der Waals surface area contributed by atoms with Gasteiger partial charge in [0.25, 0.3) is 0 Å². The summed E-state index contributed by atoms with van der Waals surface area (Å²) >= 11 is 5.12. The van der Waals surface area contributed by atoms with Crippen LogP contribution in [-0.2, 0) is 10.3 Å². The fourth-order valence-corrected chi connectivity index (χ4v) is 3.91. The van der Waals surface area contributed by atoms with E-state index in [1.54, 1.807) is 24.6 Å². The molecule has 0 unspecified atom stereocenters. The Bertz CT molecular complexity index is 818. The van der Waals surface area contributed by atoms with Gasteiger partial charge in [0, 0.05) is 17.5 Å².